The Labute approximate surface area is 177 Å². The van der Waals surface area contributed by atoms with E-state index in [1.165, 1.54) is 0 Å². The standard InChI is InChI=1S/C23H28N4O3/c1-6-11-25-22(28)16(3)26-23(29)19(14-24)13-18-12-15(2)27(17(18)4)20-7-9-21(30-5)10-8-20/h7-10,12-13,16H,6,11H2,1-5H3,(H,25,28)(H,26,29)/b19-13+. The number of amides is 2. The third-order valence-corrected chi connectivity index (χ3v) is 4.76. The van der Waals surface area contributed by atoms with Gasteiger partial charge in [0.1, 0.15) is 23.4 Å². The maximum absolute atomic E-state index is 12.5. The van der Waals surface area contributed by atoms with Crippen molar-refractivity contribution in [3.05, 3.63) is 52.9 Å². The highest BCUT2D eigenvalue weighted by molar-refractivity contribution is 6.03. The average molecular weight is 409 g/mol. The van der Waals surface area contributed by atoms with Crippen molar-refractivity contribution in [2.75, 3.05) is 13.7 Å². The Morgan fingerprint density at radius 3 is 2.50 bits per heavy atom. The van der Waals surface area contributed by atoms with Gasteiger partial charge in [-0.15, -0.1) is 0 Å². The molecule has 2 N–H and O–H groups in total. The largest absolute Gasteiger partial charge is 0.497 e. The fourth-order valence-electron chi connectivity index (χ4n) is 3.11. The third-order valence-electron chi connectivity index (χ3n) is 4.76. The first-order valence-corrected chi connectivity index (χ1v) is 9.86. The molecule has 1 aromatic carbocycles. The van der Waals surface area contributed by atoms with Gasteiger partial charge in [0.05, 0.1) is 7.11 Å². The number of benzene rings is 1. The van der Waals surface area contributed by atoms with E-state index in [9.17, 15) is 14.9 Å². The lowest BCUT2D eigenvalue weighted by Crippen LogP contribution is -2.45. The van der Waals surface area contributed by atoms with E-state index in [1.54, 1.807) is 20.1 Å². The molecule has 30 heavy (non-hydrogen) atoms. The van der Waals surface area contributed by atoms with Crippen LogP contribution in [0.1, 0.15) is 37.2 Å². The predicted molar refractivity (Wildman–Crippen MR) is 116 cm³/mol. The Bertz CT molecular complexity index is 981. The zero-order chi connectivity index (χ0) is 22.3. The molecule has 1 aromatic heterocycles. The molecule has 0 aliphatic rings. The van der Waals surface area contributed by atoms with Crippen molar-refractivity contribution in [2.24, 2.45) is 0 Å². The van der Waals surface area contributed by atoms with E-state index in [1.807, 2.05) is 61.7 Å². The number of carbonyl (C=O) groups excluding carboxylic acids is 2. The monoisotopic (exact) mass is 408 g/mol. The van der Waals surface area contributed by atoms with Crippen molar-refractivity contribution >= 4 is 17.9 Å². The zero-order valence-electron chi connectivity index (χ0n) is 18.1. The number of carbonyl (C=O) groups is 2. The van der Waals surface area contributed by atoms with Gasteiger partial charge in [-0.2, -0.15) is 5.26 Å². The van der Waals surface area contributed by atoms with Gasteiger partial charge in [-0.05, 0) is 69.2 Å². The topological polar surface area (TPSA) is 96.2 Å². The van der Waals surface area contributed by atoms with Gasteiger partial charge in [0.25, 0.3) is 5.91 Å². The first-order chi connectivity index (χ1) is 14.3. The molecule has 2 amide bonds. The quantitative estimate of drug-likeness (QED) is 0.518. The van der Waals surface area contributed by atoms with Gasteiger partial charge >= 0.3 is 0 Å². The number of rotatable bonds is 8. The van der Waals surface area contributed by atoms with Crippen LogP contribution >= 0.6 is 0 Å². The number of nitriles is 1. The molecule has 7 nitrogen and oxygen atoms in total. The number of aryl methyl sites for hydroxylation is 1. The molecule has 0 aliphatic heterocycles. The van der Waals surface area contributed by atoms with Crippen molar-refractivity contribution in [2.45, 2.75) is 40.2 Å². The number of hydrogen-bond donors (Lipinski definition) is 2. The number of hydrogen-bond acceptors (Lipinski definition) is 4. The number of methoxy groups -OCH3 is 1. The van der Waals surface area contributed by atoms with E-state index >= 15 is 0 Å². The van der Waals surface area contributed by atoms with Crippen LogP contribution < -0.4 is 15.4 Å². The summed E-state index contributed by atoms with van der Waals surface area (Å²) in [4.78, 5) is 24.5. The predicted octanol–water partition coefficient (Wildman–Crippen LogP) is 3.04. The van der Waals surface area contributed by atoms with Crippen LogP contribution in [0.5, 0.6) is 5.75 Å². The highest BCUT2D eigenvalue weighted by Crippen LogP contribution is 2.24. The highest BCUT2D eigenvalue weighted by atomic mass is 16.5. The Morgan fingerprint density at radius 1 is 1.27 bits per heavy atom. The second kappa shape index (κ2) is 10.3. The minimum Gasteiger partial charge on any atom is -0.497 e. The van der Waals surface area contributed by atoms with E-state index < -0.39 is 11.9 Å². The molecule has 158 valence electrons. The molecule has 0 saturated carbocycles. The molecule has 1 unspecified atom stereocenters. The lowest BCUT2D eigenvalue weighted by atomic mass is 10.1. The first kappa shape index (κ1) is 22.8. The fraction of sp³-hybridized carbons (Fsp3) is 0.348. The Hall–Kier alpha value is -3.53. The highest BCUT2D eigenvalue weighted by Gasteiger charge is 2.19. The Morgan fingerprint density at radius 2 is 1.93 bits per heavy atom. The summed E-state index contributed by atoms with van der Waals surface area (Å²) in [6, 6.07) is 10.8. The van der Waals surface area contributed by atoms with Crippen LogP contribution in [0, 0.1) is 25.2 Å². The number of aromatic nitrogens is 1. The van der Waals surface area contributed by atoms with Crippen molar-refractivity contribution < 1.29 is 14.3 Å². The fourth-order valence-corrected chi connectivity index (χ4v) is 3.11. The van der Waals surface area contributed by atoms with E-state index in [-0.39, 0.29) is 11.5 Å². The maximum atomic E-state index is 12.5. The van der Waals surface area contributed by atoms with Gasteiger partial charge in [0.2, 0.25) is 5.91 Å². The van der Waals surface area contributed by atoms with Crippen LogP contribution in [0.4, 0.5) is 0 Å². The number of nitrogens with one attached hydrogen (secondary N) is 2. The second-order valence-electron chi connectivity index (χ2n) is 7.02. The van der Waals surface area contributed by atoms with Crippen LogP contribution in [0.3, 0.4) is 0 Å². The van der Waals surface area contributed by atoms with Gasteiger partial charge in [-0.3, -0.25) is 9.59 Å². The van der Waals surface area contributed by atoms with Crippen molar-refractivity contribution in [1.29, 1.82) is 5.26 Å². The second-order valence-corrected chi connectivity index (χ2v) is 7.02. The molecular weight excluding hydrogens is 380 g/mol. The molecule has 2 rings (SSSR count). The molecular formula is C23H28N4O3. The van der Waals surface area contributed by atoms with Crippen molar-refractivity contribution in [3.8, 4) is 17.5 Å². The number of ether oxygens (including phenoxy) is 1. The summed E-state index contributed by atoms with van der Waals surface area (Å²) < 4.78 is 7.25. The minimum absolute atomic E-state index is 0.0554. The maximum Gasteiger partial charge on any atom is 0.262 e. The van der Waals surface area contributed by atoms with Crippen LogP contribution in [-0.4, -0.2) is 36.1 Å². The summed E-state index contributed by atoms with van der Waals surface area (Å²) in [6.07, 6.45) is 2.36. The molecule has 0 aliphatic carbocycles. The summed E-state index contributed by atoms with van der Waals surface area (Å²) in [7, 11) is 1.62. The molecule has 1 atom stereocenters. The van der Waals surface area contributed by atoms with Crippen molar-refractivity contribution in [3.63, 3.8) is 0 Å². The van der Waals surface area contributed by atoms with Gasteiger partial charge in [0, 0.05) is 23.6 Å². The molecule has 1 heterocycles. The van der Waals surface area contributed by atoms with Crippen LogP contribution in [0.25, 0.3) is 11.8 Å². The molecule has 7 heteroatoms. The van der Waals surface area contributed by atoms with Crippen molar-refractivity contribution in [1.82, 2.24) is 15.2 Å². The van der Waals surface area contributed by atoms with Crippen LogP contribution in [0.15, 0.2) is 35.9 Å². The molecule has 0 spiro atoms. The lowest BCUT2D eigenvalue weighted by Gasteiger charge is -2.13. The lowest BCUT2D eigenvalue weighted by molar-refractivity contribution is -0.126. The summed E-state index contributed by atoms with van der Waals surface area (Å²) in [6.45, 7) is 7.96. The summed E-state index contributed by atoms with van der Waals surface area (Å²) in [5.74, 6) is -0.0899. The van der Waals surface area contributed by atoms with E-state index in [2.05, 4.69) is 10.6 Å². The van der Waals surface area contributed by atoms with E-state index in [0.29, 0.717) is 6.54 Å². The Balaban J connectivity index is 2.26. The van der Waals surface area contributed by atoms with Crippen LogP contribution in [-0.2, 0) is 9.59 Å². The molecule has 0 bridgehead atoms. The summed E-state index contributed by atoms with van der Waals surface area (Å²) in [5.41, 5.74) is 3.52. The summed E-state index contributed by atoms with van der Waals surface area (Å²) >= 11 is 0. The Kier molecular flexibility index (Phi) is 7.82. The smallest absolute Gasteiger partial charge is 0.262 e. The molecule has 2 aromatic rings. The number of nitrogens with zero attached hydrogens (tertiary/aromatic N) is 2. The van der Waals surface area contributed by atoms with Crippen LogP contribution in [0.2, 0.25) is 0 Å². The molecule has 0 fully saturated rings. The SMILES string of the molecule is CCCNC(=O)C(C)NC(=O)/C(C#N)=C/c1cc(C)n(-c2ccc(OC)cc2)c1C. The first-order valence-electron chi connectivity index (χ1n) is 9.86. The zero-order valence-corrected chi connectivity index (χ0v) is 18.1. The summed E-state index contributed by atoms with van der Waals surface area (Å²) in [5, 5.41) is 14.8. The van der Waals surface area contributed by atoms with Gasteiger partial charge < -0.3 is 19.9 Å². The van der Waals surface area contributed by atoms with Gasteiger partial charge in [-0.1, -0.05) is 6.92 Å². The van der Waals surface area contributed by atoms with E-state index in [0.717, 1.165) is 34.8 Å². The molecule has 0 radical (unpaired) electrons. The average Bonchev–Trinajstić information content (AvgIpc) is 3.02. The molecule has 0 saturated heterocycles. The minimum atomic E-state index is -0.729. The van der Waals surface area contributed by atoms with Gasteiger partial charge in [-0.25, -0.2) is 0 Å². The van der Waals surface area contributed by atoms with Gasteiger partial charge in [0.15, 0.2) is 0 Å². The third kappa shape index (κ3) is 5.29. The van der Waals surface area contributed by atoms with E-state index in [4.69, 9.17) is 4.74 Å². The normalized spacial score (nSPS) is 12.1.